The van der Waals surface area contributed by atoms with Crippen LogP contribution in [-0.4, -0.2) is 37.4 Å². The summed E-state index contributed by atoms with van der Waals surface area (Å²) in [7, 11) is 1.53. The molecule has 1 aromatic heterocycles. The predicted molar refractivity (Wildman–Crippen MR) is 139 cm³/mol. The van der Waals surface area contributed by atoms with E-state index in [0.29, 0.717) is 46.6 Å². The number of amides is 1. The number of nitrogens with one attached hydrogen (secondary N) is 1. The highest BCUT2D eigenvalue weighted by atomic mass is 35.5. The van der Waals surface area contributed by atoms with E-state index in [1.165, 1.54) is 13.3 Å². The molecule has 0 aliphatic carbocycles. The van der Waals surface area contributed by atoms with Gasteiger partial charge >= 0.3 is 0 Å². The average Bonchev–Trinajstić information content (AvgIpc) is 2.88. The molecule has 2 aromatic carbocycles. The van der Waals surface area contributed by atoms with Crippen molar-refractivity contribution in [2.45, 2.75) is 27.1 Å². The lowest BCUT2D eigenvalue weighted by Crippen LogP contribution is -2.25. The number of benzene rings is 2. The number of hydrazone groups is 1. The highest BCUT2D eigenvalue weighted by Crippen LogP contribution is 2.29. The van der Waals surface area contributed by atoms with Crippen LogP contribution in [0.4, 0.5) is 0 Å². The molecule has 0 saturated carbocycles. The van der Waals surface area contributed by atoms with Crippen LogP contribution in [0.15, 0.2) is 53.6 Å². The van der Waals surface area contributed by atoms with E-state index in [2.05, 4.69) is 15.5 Å². The number of hydrogen-bond acceptors (Lipinski definition) is 8. The van der Waals surface area contributed by atoms with Crippen molar-refractivity contribution in [3.05, 3.63) is 81.5 Å². The number of carbonyl (C=O) groups excluding carboxylic acids is 1. The summed E-state index contributed by atoms with van der Waals surface area (Å²) in [6.45, 7) is 4.32. The molecule has 3 rings (SSSR count). The first-order valence-electron chi connectivity index (χ1n) is 11.4. The summed E-state index contributed by atoms with van der Waals surface area (Å²) in [5.41, 5.74) is 5.57. The average molecular weight is 523 g/mol. The fraction of sp³-hybridized carbons (Fsp3) is 0.259. The molecular weight excluding hydrogens is 496 g/mol. The quantitative estimate of drug-likeness (QED) is 0.273. The Bertz CT molecular complexity index is 1290. The van der Waals surface area contributed by atoms with E-state index in [0.717, 1.165) is 5.56 Å². The summed E-state index contributed by atoms with van der Waals surface area (Å²) >= 11 is 5.93. The van der Waals surface area contributed by atoms with Crippen LogP contribution in [0.2, 0.25) is 5.02 Å². The zero-order valence-corrected chi connectivity index (χ0v) is 21.5. The molecule has 0 radical (unpaired) electrons. The summed E-state index contributed by atoms with van der Waals surface area (Å²) in [6.07, 6.45) is 1.48. The number of rotatable bonds is 12. The first kappa shape index (κ1) is 27.5. The second-order valence-electron chi connectivity index (χ2n) is 7.78. The maximum Gasteiger partial charge on any atom is 0.278 e. The van der Waals surface area contributed by atoms with Crippen molar-refractivity contribution in [2.24, 2.45) is 5.10 Å². The molecule has 9 nitrogen and oxygen atoms in total. The van der Waals surface area contributed by atoms with E-state index in [9.17, 15) is 10.1 Å². The molecule has 0 unspecified atom stereocenters. The second kappa shape index (κ2) is 13.8. The van der Waals surface area contributed by atoms with E-state index in [1.807, 2.05) is 25.1 Å². The third-order valence-corrected chi connectivity index (χ3v) is 5.18. The Morgan fingerprint density at radius 2 is 1.89 bits per heavy atom. The maximum absolute atomic E-state index is 12.2. The number of carbonyl (C=O) groups is 1. The third kappa shape index (κ3) is 8.20. The number of nitriles is 1. The minimum absolute atomic E-state index is 0.0734. The summed E-state index contributed by atoms with van der Waals surface area (Å²) in [5.74, 6) is 0.698. The van der Waals surface area contributed by atoms with Gasteiger partial charge in [0.25, 0.3) is 5.91 Å². The minimum Gasteiger partial charge on any atom is -0.490 e. The van der Waals surface area contributed by atoms with Crippen molar-refractivity contribution < 1.29 is 23.7 Å². The highest BCUT2D eigenvalue weighted by Gasteiger charge is 2.14. The fourth-order valence-corrected chi connectivity index (χ4v) is 3.41. The van der Waals surface area contributed by atoms with Crippen LogP contribution in [0.3, 0.4) is 0 Å². The van der Waals surface area contributed by atoms with Gasteiger partial charge in [0.15, 0.2) is 18.1 Å². The fourth-order valence-electron chi connectivity index (χ4n) is 3.28. The number of pyridine rings is 1. The molecule has 0 atom stereocenters. The van der Waals surface area contributed by atoms with Gasteiger partial charge in [-0.3, -0.25) is 4.79 Å². The molecule has 1 heterocycles. The van der Waals surface area contributed by atoms with Gasteiger partial charge in [0.1, 0.15) is 18.2 Å². The molecule has 192 valence electrons. The first-order valence-corrected chi connectivity index (χ1v) is 11.8. The summed E-state index contributed by atoms with van der Waals surface area (Å²) in [6, 6.07) is 16.5. The van der Waals surface area contributed by atoms with Crippen LogP contribution in [0, 0.1) is 18.3 Å². The maximum atomic E-state index is 12.2. The Morgan fingerprint density at radius 1 is 1.11 bits per heavy atom. The molecule has 0 fully saturated rings. The van der Waals surface area contributed by atoms with Crippen LogP contribution < -0.4 is 19.6 Å². The van der Waals surface area contributed by atoms with Gasteiger partial charge in [0.2, 0.25) is 5.88 Å². The predicted octanol–water partition coefficient (Wildman–Crippen LogP) is 4.57. The molecular formula is C27H27ClN4O5. The molecule has 0 bridgehead atoms. The topological polar surface area (TPSA) is 115 Å². The number of nitrogens with zero attached hydrogens (tertiary/aromatic N) is 3. The first-order chi connectivity index (χ1) is 17.9. The smallest absolute Gasteiger partial charge is 0.278 e. The van der Waals surface area contributed by atoms with Gasteiger partial charge in [0.05, 0.1) is 19.4 Å². The largest absolute Gasteiger partial charge is 0.490 e. The molecule has 1 amide bonds. The van der Waals surface area contributed by atoms with E-state index < -0.39 is 5.91 Å². The molecule has 0 saturated heterocycles. The normalized spacial score (nSPS) is 10.7. The van der Waals surface area contributed by atoms with Gasteiger partial charge in [-0.1, -0.05) is 23.7 Å². The van der Waals surface area contributed by atoms with E-state index >= 15 is 0 Å². The van der Waals surface area contributed by atoms with Gasteiger partial charge in [0, 0.05) is 23.4 Å². The zero-order chi connectivity index (χ0) is 26.6. The van der Waals surface area contributed by atoms with Crippen LogP contribution >= 0.6 is 11.6 Å². The Labute approximate surface area is 220 Å². The van der Waals surface area contributed by atoms with E-state index in [-0.39, 0.29) is 24.7 Å². The molecule has 1 N–H and O–H groups in total. The van der Waals surface area contributed by atoms with Crippen molar-refractivity contribution in [3.8, 4) is 23.4 Å². The molecule has 3 aromatic rings. The number of ether oxygens (including phenoxy) is 4. The summed E-state index contributed by atoms with van der Waals surface area (Å²) in [5, 5.41) is 14.1. The second-order valence-corrected chi connectivity index (χ2v) is 8.22. The van der Waals surface area contributed by atoms with Crippen LogP contribution in [0.25, 0.3) is 0 Å². The van der Waals surface area contributed by atoms with Crippen LogP contribution in [-0.2, 0) is 22.7 Å². The lowest BCUT2D eigenvalue weighted by Gasteiger charge is -2.13. The van der Waals surface area contributed by atoms with Crippen molar-refractivity contribution in [3.63, 3.8) is 0 Å². The van der Waals surface area contributed by atoms with Gasteiger partial charge in [-0.2, -0.15) is 10.4 Å². The van der Waals surface area contributed by atoms with Crippen LogP contribution in [0.5, 0.6) is 17.4 Å². The van der Waals surface area contributed by atoms with Gasteiger partial charge in [-0.15, -0.1) is 0 Å². The Hall–Kier alpha value is -4.13. The zero-order valence-electron chi connectivity index (χ0n) is 20.8. The number of hydrogen-bond donors (Lipinski definition) is 1. The molecule has 0 spiro atoms. The highest BCUT2D eigenvalue weighted by molar-refractivity contribution is 6.30. The molecule has 10 heteroatoms. The van der Waals surface area contributed by atoms with Crippen molar-refractivity contribution in [1.82, 2.24) is 10.4 Å². The van der Waals surface area contributed by atoms with Gasteiger partial charge < -0.3 is 18.9 Å². The summed E-state index contributed by atoms with van der Waals surface area (Å²) in [4.78, 5) is 16.4. The number of aromatic nitrogens is 1. The van der Waals surface area contributed by atoms with Crippen LogP contribution in [0.1, 0.15) is 34.9 Å². The molecule has 37 heavy (non-hydrogen) atoms. The molecule has 0 aliphatic heterocycles. The minimum atomic E-state index is -0.510. The SMILES string of the molecule is CCOc1cc(/C=N\NC(=O)COc2nc(C)cc(COC)c2C#N)ccc1OCc1ccc(Cl)cc1. The lowest BCUT2D eigenvalue weighted by molar-refractivity contribution is -0.123. The Kier molecular flexibility index (Phi) is 10.3. The van der Waals surface area contributed by atoms with Gasteiger partial charge in [-0.05, 0) is 61.4 Å². The molecule has 0 aliphatic rings. The van der Waals surface area contributed by atoms with Crippen molar-refractivity contribution in [2.75, 3.05) is 20.3 Å². The van der Waals surface area contributed by atoms with Gasteiger partial charge in [-0.25, -0.2) is 10.4 Å². The lowest BCUT2D eigenvalue weighted by atomic mass is 10.1. The van der Waals surface area contributed by atoms with E-state index in [1.54, 1.807) is 43.3 Å². The monoisotopic (exact) mass is 522 g/mol. The standard InChI is InChI=1S/C27H27ClN4O5/c1-4-35-25-12-20(7-10-24(25)36-15-19-5-8-22(28)9-6-19)14-30-32-26(33)17-37-27-23(13-29)21(16-34-3)11-18(2)31-27/h5-12,14H,4,15-17H2,1-3H3,(H,32,33)/b30-14-. The number of halogens is 1. The van der Waals surface area contributed by atoms with Crippen molar-refractivity contribution in [1.29, 1.82) is 5.26 Å². The number of methoxy groups -OCH3 is 1. The van der Waals surface area contributed by atoms with Crippen molar-refractivity contribution >= 4 is 23.7 Å². The van der Waals surface area contributed by atoms with E-state index in [4.69, 9.17) is 30.5 Å². The third-order valence-electron chi connectivity index (χ3n) is 4.93. The Morgan fingerprint density at radius 3 is 2.59 bits per heavy atom. The Balaban J connectivity index is 1.59. The summed E-state index contributed by atoms with van der Waals surface area (Å²) < 4.78 is 22.2. The number of aryl methyl sites for hydroxylation is 1.